The Kier molecular flexibility index (Phi) is 4.35. The van der Waals surface area contributed by atoms with Crippen molar-refractivity contribution in [2.45, 2.75) is 13.5 Å². The number of benzene rings is 2. The number of phenolic OH excluding ortho intramolecular Hbond substituents is 1. The Morgan fingerprint density at radius 2 is 2.00 bits per heavy atom. The molecule has 0 saturated carbocycles. The van der Waals surface area contributed by atoms with Crippen LogP contribution in [0.2, 0.25) is 5.02 Å². The van der Waals surface area contributed by atoms with Gasteiger partial charge in [-0.2, -0.15) is 0 Å². The van der Waals surface area contributed by atoms with Gasteiger partial charge in [-0.05, 0) is 36.2 Å². The molecule has 2 rings (SSSR count). The van der Waals surface area contributed by atoms with Crippen LogP contribution in [0.4, 0.5) is 10.1 Å². The van der Waals surface area contributed by atoms with Crippen LogP contribution in [0, 0.1) is 12.7 Å². The molecule has 5 heteroatoms. The number of anilines is 1. The highest BCUT2D eigenvalue weighted by molar-refractivity contribution is 6.31. The first-order chi connectivity index (χ1) is 9.49. The third-order valence-corrected chi connectivity index (χ3v) is 3.31. The van der Waals surface area contributed by atoms with E-state index in [0.29, 0.717) is 22.9 Å². The second-order valence-electron chi connectivity index (χ2n) is 4.47. The molecule has 2 aromatic rings. The summed E-state index contributed by atoms with van der Waals surface area (Å²) in [6.45, 7) is 2.25. The zero-order valence-electron chi connectivity index (χ0n) is 11.2. The standard InChI is InChI=1S/C15H15ClFNO2/c1-9-3-14(15(20-2)7-13(9)16)18-8-10-4-11(17)6-12(19)5-10/h3-7,18-19H,8H2,1-2H3. The second-order valence-corrected chi connectivity index (χ2v) is 4.88. The van der Waals surface area contributed by atoms with Crippen molar-refractivity contribution in [2.75, 3.05) is 12.4 Å². The maximum Gasteiger partial charge on any atom is 0.143 e. The molecule has 0 bridgehead atoms. The topological polar surface area (TPSA) is 41.5 Å². The zero-order valence-corrected chi connectivity index (χ0v) is 12.0. The number of rotatable bonds is 4. The van der Waals surface area contributed by atoms with E-state index >= 15 is 0 Å². The SMILES string of the molecule is COc1cc(Cl)c(C)cc1NCc1cc(O)cc(F)c1. The molecule has 0 aliphatic heterocycles. The number of hydrogen-bond donors (Lipinski definition) is 2. The van der Waals surface area contributed by atoms with Gasteiger partial charge in [-0.25, -0.2) is 4.39 Å². The summed E-state index contributed by atoms with van der Waals surface area (Å²) in [5, 5.41) is 13.1. The summed E-state index contributed by atoms with van der Waals surface area (Å²) in [6, 6.07) is 7.52. The largest absolute Gasteiger partial charge is 0.508 e. The zero-order chi connectivity index (χ0) is 14.7. The lowest BCUT2D eigenvalue weighted by Gasteiger charge is -2.13. The Balaban J connectivity index is 2.20. The maximum absolute atomic E-state index is 13.2. The molecule has 0 unspecified atom stereocenters. The predicted molar refractivity (Wildman–Crippen MR) is 78.1 cm³/mol. The van der Waals surface area contributed by atoms with Gasteiger partial charge in [-0.1, -0.05) is 11.6 Å². The fourth-order valence-corrected chi connectivity index (χ4v) is 2.06. The fourth-order valence-electron chi connectivity index (χ4n) is 1.90. The number of phenols is 1. The number of hydrogen-bond acceptors (Lipinski definition) is 3. The van der Waals surface area contributed by atoms with Crippen molar-refractivity contribution in [1.82, 2.24) is 0 Å². The first-order valence-electron chi connectivity index (χ1n) is 6.06. The number of nitrogens with one attached hydrogen (secondary N) is 1. The van der Waals surface area contributed by atoms with Crippen LogP contribution in [0.1, 0.15) is 11.1 Å². The highest BCUT2D eigenvalue weighted by Crippen LogP contribution is 2.31. The molecule has 106 valence electrons. The van der Waals surface area contributed by atoms with Crippen LogP contribution in [-0.2, 0) is 6.54 Å². The van der Waals surface area contributed by atoms with Crippen molar-refractivity contribution in [3.63, 3.8) is 0 Å². The predicted octanol–water partition coefficient (Wildman–Crippen LogP) is 4.11. The molecule has 0 radical (unpaired) electrons. The van der Waals surface area contributed by atoms with Crippen LogP contribution in [0.15, 0.2) is 30.3 Å². The lowest BCUT2D eigenvalue weighted by atomic mass is 10.1. The minimum absolute atomic E-state index is 0.0962. The molecule has 0 aliphatic rings. The van der Waals surface area contributed by atoms with E-state index in [1.165, 1.54) is 12.1 Å². The van der Waals surface area contributed by atoms with E-state index in [0.717, 1.165) is 17.3 Å². The summed E-state index contributed by atoms with van der Waals surface area (Å²) in [5.41, 5.74) is 2.31. The molecule has 0 saturated heterocycles. The third-order valence-electron chi connectivity index (χ3n) is 2.91. The minimum Gasteiger partial charge on any atom is -0.508 e. The van der Waals surface area contributed by atoms with Crippen LogP contribution in [0.25, 0.3) is 0 Å². The molecule has 0 aliphatic carbocycles. The quantitative estimate of drug-likeness (QED) is 0.892. The summed E-state index contributed by atoms with van der Waals surface area (Å²) in [5.74, 6) is 0.0447. The number of halogens is 2. The average Bonchev–Trinajstić information content (AvgIpc) is 2.38. The third kappa shape index (κ3) is 3.33. The summed E-state index contributed by atoms with van der Waals surface area (Å²) >= 11 is 6.03. The normalized spacial score (nSPS) is 10.4. The summed E-state index contributed by atoms with van der Waals surface area (Å²) < 4.78 is 18.4. The van der Waals surface area contributed by atoms with E-state index in [1.54, 1.807) is 13.2 Å². The molecule has 0 amide bonds. The molecule has 0 spiro atoms. The van der Waals surface area contributed by atoms with Gasteiger partial charge in [0, 0.05) is 23.7 Å². The molecule has 2 aromatic carbocycles. The first kappa shape index (κ1) is 14.5. The van der Waals surface area contributed by atoms with Gasteiger partial charge in [-0.15, -0.1) is 0 Å². The molecule has 0 heterocycles. The van der Waals surface area contributed by atoms with Crippen molar-refractivity contribution in [1.29, 1.82) is 0 Å². The Bertz CT molecular complexity index is 611. The molecule has 0 aromatic heterocycles. The van der Waals surface area contributed by atoms with E-state index in [2.05, 4.69) is 5.32 Å². The Morgan fingerprint density at radius 1 is 1.25 bits per heavy atom. The van der Waals surface area contributed by atoms with Gasteiger partial charge in [-0.3, -0.25) is 0 Å². The Morgan fingerprint density at radius 3 is 2.65 bits per heavy atom. The van der Waals surface area contributed by atoms with Crippen molar-refractivity contribution in [3.05, 3.63) is 52.3 Å². The van der Waals surface area contributed by atoms with Crippen molar-refractivity contribution >= 4 is 17.3 Å². The first-order valence-corrected chi connectivity index (χ1v) is 6.44. The highest BCUT2D eigenvalue weighted by atomic mass is 35.5. The van der Waals surface area contributed by atoms with Gasteiger partial charge < -0.3 is 15.2 Å². The van der Waals surface area contributed by atoms with E-state index in [9.17, 15) is 9.50 Å². The van der Waals surface area contributed by atoms with Crippen molar-refractivity contribution in [2.24, 2.45) is 0 Å². The number of methoxy groups -OCH3 is 1. The summed E-state index contributed by atoms with van der Waals surface area (Å²) in [4.78, 5) is 0. The van der Waals surface area contributed by atoms with Gasteiger partial charge in [0.2, 0.25) is 0 Å². The van der Waals surface area contributed by atoms with Crippen molar-refractivity contribution in [3.8, 4) is 11.5 Å². The lowest BCUT2D eigenvalue weighted by molar-refractivity contribution is 0.416. The molecule has 0 fully saturated rings. The van der Waals surface area contributed by atoms with E-state index in [-0.39, 0.29) is 5.75 Å². The Labute approximate surface area is 122 Å². The van der Waals surface area contributed by atoms with Gasteiger partial charge in [0.1, 0.15) is 17.3 Å². The molecular weight excluding hydrogens is 281 g/mol. The van der Waals surface area contributed by atoms with Crippen LogP contribution in [-0.4, -0.2) is 12.2 Å². The number of aromatic hydroxyl groups is 1. The summed E-state index contributed by atoms with van der Waals surface area (Å²) in [6.07, 6.45) is 0. The number of aryl methyl sites for hydroxylation is 1. The van der Waals surface area contributed by atoms with Gasteiger partial charge in [0.15, 0.2) is 0 Å². The molecule has 20 heavy (non-hydrogen) atoms. The second kappa shape index (κ2) is 6.01. The maximum atomic E-state index is 13.2. The van der Waals surface area contributed by atoms with Gasteiger partial charge in [0.05, 0.1) is 12.8 Å². The Hall–Kier alpha value is -1.94. The molecule has 3 nitrogen and oxygen atoms in total. The van der Waals surface area contributed by atoms with Crippen LogP contribution in [0.3, 0.4) is 0 Å². The van der Waals surface area contributed by atoms with Gasteiger partial charge in [0.25, 0.3) is 0 Å². The van der Waals surface area contributed by atoms with Crippen LogP contribution in [0.5, 0.6) is 11.5 Å². The number of ether oxygens (including phenoxy) is 1. The highest BCUT2D eigenvalue weighted by Gasteiger charge is 2.07. The summed E-state index contributed by atoms with van der Waals surface area (Å²) in [7, 11) is 1.56. The van der Waals surface area contributed by atoms with E-state index in [1.807, 2.05) is 13.0 Å². The minimum atomic E-state index is -0.471. The van der Waals surface area contributed by atoms with Gasteiger partial charge >= 0.3 is 0 Å². The molecular formula is C15H15ClFNO2. The lowest BCUT2D eigenvalue weighted by Crippen LogP contribution is -2.02. The average molecular weight is 296 g/mol. The van der Waals surface area contributed by atoms with Crippen LogP contribution >= 0.6 is 11.6 Å². The van der Waals surface area contributed by atoms with Crippen molar-refractivity contribution < 1.29 is 14.2 Å². The van der Waals surface area contributed by atoms with E-state index < -0.39 is 5.82 Å². The smallest absolute Gasteiger partial charge is 0.143 e. The molecule has 2 N–H and O–H groups in total. The molecule has 0 atom stereocenters. The monoisotopic (exact) mass is 295 g/mol. The fraction of sp³-hybridized carbons (Fsp3) is 0.200. The van der Waals surface area contributed by atoms with E-state index in [4.69, 9.17) is 16.3 Å². The van der Waals surface area contributed by atoms with Crippen LogP contribution < -0.4 is 10.1 Å².